The van der Waals surface area contributed by atoms with Gasteiger partial charge in [0.2, 0.25) is 0 Å². The van der Waals surface area contributed by atoms with Gasteiger partial charge < -0.3 is 0 Å². The van der Waals surface area contributed by atoms with Crippen molar-refractivity contribution in [1.29, 1.82) is 0 Å². The first-order valence-electron chi connectivity index (χ1n) is 11.0. The minimum absolute atomic E-state index is 0.441. The Morgan fingerprint density at radius 2 is 0.382 bits per heavy atom. The van der Waals surface area contributed by atoms with Gasteiger partial charge in [-0.05, 0) is 0 Å². The Morgan fingerprint density at radius 3 is 0.471 bits per heavy atom. The van der Waals surface area contributed by atoms with Crippen LogP contribution in [0, 0.1) is 0 Å². The molecule has 0 aromatic rings. The molecule has 0 bridgehead atoms. The molecular weight excluding hydrogens is 368 g/mol. The van der Waals surface area contributed by atoms with E-state index in [1.165, 1.54) is 84.7 Å². The molecule has 0 aliphatic carbocycles. The normalized spacial score (nSPS) is 8.82. The summed E-state index contributed by atoms with van der Waals surface area (Å²) in [6.45, 7) is 0. The molecule has 34 heavy (non-hydrogen) atoms. The highest BCUT2D eigenvalue weighted by atomic mass is 13.3. The zero-order valence-electron chi connectivity index (χ0n) is 19.6. The topological polar surface area (TPSA) is 0 Å². The van der Waals surface area contributed by atoms with Crippen LogP contribution in [0.5, 0.6) is 0 Å². The minimum Gasteiger partial charge on any atom is 0 e. The molecular formula is B34. The zero-order valence-corrected chi connectivity index (χ0v) is 19.6. The summed E-state index contributed by atoms with van der Waals surface area (Å²) < 4.78 is 0. The van der Waals surface area contributed by atoms with Crippen LogP contribution < -0.4 is 0 Å². The first kappa shape index (κ1) is 36.2. The van der Waals surface area contributed by atoms with Crippen molar-refractivity contribution >= 4 is 241 Å². The summed E-state index contributed by atoms with van der Waals surface area (Å²) >= 11 is 0. The van der Waals surface area contributed by atoms with Crippen LogP contribution in [0.4, 0.5) is 0 Å². The van der Waals surface area contributed by atoms with Crippen LogP contribution >= 0.6 is 0 Å². The lowest BCUT2D eigenvalue weighted by molar-refractivity contribution is 3.27. The van der Waals surface area contributed by atoms with Crippen LogP contribution in [0.3, 0.4) is 0 Å². The van der Waals surface area contributed by atoms with Gasteiger partial charge in [-0.15, -0.1) is 0 Å². The van der Waals surface area contributed by atoms with Crippen LogP contribution in [0.25, 0.3) is 0 Å². The van der Waals surface area contributed by atoms with E-state index in [0.29, 0.717) is 0 Å². The Hall–Kier alpha value is 2.21. The predicted molar refractivity (Wildman–Crippen MR) is 196 cm³/mol. The van der Waals surface area contributed by atoms with Crippen molar-refractivity contribution in [2.45, 2.75) is 0 Å². The number of rotatable bonds is 21. The van der Waals surface area contributed by atoms with Gasteiger partial charge in [0.25, 0.3) is 0 Å². The van der Waals surface area contributed by atoms with Crippen LogP contribution in [0.1, 0.15) is 0 Å². The van der Waals surface area contributed by atoms with Gasteiger partial charge in [-0.3, -0.25) is 0 Å². The Balaban J connectivity index is 7.21. The summed E-state index contributed by atoms with van der Waals surface area (Å²) in [5.41, 5.74) is 0. The van der Waals surface area contributed by atoms with Gasteiger partial charge >= 0.3 is 0 Å². The number of hydrogen-bond donors (Lipinski definition) is 0. The van der Waals surface area contributed by atoms with Gasteiger partial charge in [0.15, 0.2) is 0 Å². The molecule has 0 N–H and O–H groups in total. The third-order valence-corrected chi connectivity index (χ3v) is 6.67. The second-order valence-corrected chi connectivity index (χ2v) is 8.08. The molecule has 0 atom stereocenters. The number of hydrogen-bond acceptors (Lipinski definition) is 0. The van der Waals surface area contributed by atoms with Crippen molar-refractivity contribution in [1.82, 2.24) is 0 Å². The molecule has 0 spiro atoms. The first-order chi connectivity index (χ1) is 16.4. The maximum atomic E-state index is 6.18. The standard InChI is InChI=1S/B34/c1-13-25(14-2)29(21-9)33(30(22-10)26(15-3)16-4)34(31(23-11)27(17-5)18-6)32(24-12)28(19-7)20-8. The van der Waals surface area contributed by atoms with Crippen molar-refractivity contribution in [3.05, 3.63) is 0 Å². The lowest BCUT2D eigenvalue weighted by atomic mass is 8.33. The molecule has 0 fully saturated rings. The molecule has 36 radical (unpaired) electrons. The fourth-order valence-corrected chi connectivity index (χ4v) is 4.88. The van der Waals surface area contributed by atoms with Crippen molar-refractivity contribution in [3.8, 4) is 0 Å². The third kappa shape index (κ3) is 9.75. The summed E-state index contributed by atoms with van der Waals surface area (Å²) in [6.07, 6.45) is -4.49. The predicted octanol–water partition coefficient (Wildman–Crippen LogP) is -12.9. The highest BCUT2D eigenvalue weighted by Gasteiger charge is 2.50. The molecule has 0 nitrogen and oxygen atoms in total. The first-order valence-corrected chi connectivity index (χ1v) is 11.0. The van der Waals surface area contributed by atoms with Crippen LogP contribution in [0.2, 0.25) is 0 Å². The Labute approximate surface area is 240 Å². The van der Waals surface area contributed by atoms with Crippen molar-refractivity contribution in [2.24, 2.45) is 0 Å². The van der Waals surface area contributed by atoms with Gasteiger partial charge in [0.1, 0.15) is 0 Å². The SMILES string of the molecule is [B][B]B([B][B])B([B][B])B(B([B][B])B([B][B])[B][B])B(B([B][B])B([B][B])[B][B])B([B][B])B([B][B])[B][B]. The molecule has 0 aromatic heterocycles. The average molecular weight is 368 g/mol. The van der Waals surface area contributed by atoms with E-state index in [1.807, 2.05) is 0 Å². The van der Waals surface area contributed by atoms with Crippen LogP contribution in [0.15, 0.2) is 0 Å². The van der Waals surface area contributed by atoms with Crippen LogP contribution in [-0.2, 0) is 0 Å². The van der Waals surface area contributed by atoms with Crippen LogP contribution in [-0.4, -0.2) is 241 Å². The third-order valence-electron chi connectivity index (χ3n) is 6.67. The van der Waals surface area contributed by atoms with E-state index in [4.69, 9.17) is 92.8 Å². The van der Waals surface area contributed by atoms with Crippen molar-refractivity contribution < 1.29 is 0 Å². The van der Waals surface area contributed by atoms with E-state index < -0.39 is 63.9 Å². The van der Waals surface area contributed by atoms with E-state index in [1.54, 1.807) is 0 Å². The van der Waals surface area contributed by atoms with E-state index in [0.717, 1.165) is 0 Å². The zero-order chi connectivity index (χ0) is 26.3. The molecule has 0 saturated heterocycles. The minimum atomic E-state index is -0.454. The van der Waals surface area contributed by atoms with Gasteiger partial charge in [-0.1, -0.05) is 0 Å². The van der Waals surface area contributed by atoms with Gasteiger partial charge in [0.05, 0.1) is 0 Å². The second kappa shape index (κ2) is 21.1. The summed E-state index contributed by atoms with van der Waals surface area (Å²) in [4.78, 5) is 0. The van der Waals surface area contributed by atoms with E-state index >= 15 is 0 Å². The molecule has 0 saturated carbocycles. The van der Waals surface area contributed by atoms with E-state index in [-0.39, 0.29) is 0 Å². The molecule has 0 amide bonds. The average Bonchev–Trinajstić information content (AvgIpc) is 2.87. The van der Waals surface area contributed by atoms with Gasteiger partial charge in [-0.2, -0.15) is 0 Å². The molecule has 0 aliphatic heterocycles. The smallest absolute Gasteiger partial charge is 0 e. The molecule has 0 unspecified atom stereocenters. The monoisotopic (exact) mass is 374 g/mol. The Bertz CT molecular complexity index is 355. The molecule has 34 heteroatoms. The molecule has 0 heterocycles. The molecule has 102 valence electrons. The lowest BCUT2D eigenvalue weighted by Crippen LogP contribution is -2.86. The van der Waals surface area contributed by atoms with Crippen molar-refractivity contribution in [2.75, 3.05) is 0 Å². The van der Waals surface area contributed by atoms with E-state index in [2.05, 4.69) is 0 Å². The van der Waals surface area contributed by atoms with E-state index in [9.17, 15) is 0 Å². The Morgan fingerprint density at radius 1 is 0.235 bits per heavy atom. The van der Waals surface area contributed by atoms with Gasteiger partial charge in [-0.25, -0.2) is 0 Å². The maximum Gasteiger partial charge on any atom is 0 e. The summed E-state index contributed by atoms with van der Waals surface area (Å²) in [5, 5.41) is 0. The highest BCUT2D eigenvalue weighted by molar-refractivity contribution is 8.26. The molecule has 0 aromatic carbocycles. The van der Waals surface area contributed by atoms with Gasteiger partial charge in [0, 0.05) is 241 Å². The molecule has 0 rings (SSSR count). The fraction of sp³-hybridized carbons (Fsp3) is 0. The highest BCUT2D eigenvalue weighted by Crippen LogP contribution is 2.12. The fourth-order valence-electron chi connectivity index (χ4n) is 4.88. The Kier molecular flexibility index (Phi) is 22.4. The quantitative estimate of drug-likeness (QED) is 0.177. The summed E-state index contributed by atoms with van der Waals surface area (Å²) in [7, 11) is 89.8. The summed E-state index contributed by atoms with van der Waals surface area (Å²) in [6, 6.07) is 0. The lowest BCUT2D eigenvalue weighted by Gasteiger charge is -2.48. The van der Waals surface area contributed by atoms with Crippen molar-refractivity contribution in [3.63, 3.8) is 0 Å². The maximum absolute atomic E-state index is 6.18. The molecule has 0 aliphatic rings. The second-order valence-electron chi connectivity index (χ2n) is 8.08. The largest absolute Gasteiger partial charge is 0 e. The summed E-state index contributed by atoms with van der Waals surface area (Å²) in [5.74, 6) is 0.